The van der Waals surface area contributed by atoms with E-state index < -0.39 is 6.10 Å². The number of nitrogens with zero attached hydrogens (tertiary/aromatic N) is 7. The van der Waals surface area contributed by atoms with E-state index in [2.05, 4.69) is 45.8 Å². The van der Waals surface area contributed by atoms with Gasteiger partial charge in [0.15, 0.2) is 5.01 Å². The summed E-state index contributed by atoms with van der Waals surface area (Å²) in [6.07, 6.45) is 3.27. The minimum atomic E-state index is -0.682. The summed E-state index contributed by atoms with van der Waals surface area (Å²) in [7, 11) is 0. The van der Waals surface area contributed by atoms with E-state index >= 15 is 0 Å². The zero-order chi connectivity index (χ0) is 26.1. The molecule has 0 saturated carbocycles. The largest absolute Gasteiger partial charge is 0.389 e. The van der Waals surface area contributed by atoms with Crippen LogP contribution in [0.4, 0.5) is 10.8 Å². The number of nitrogens with one attached hydrogen (secondary N) is 2. The van der Waals surface area contributed by atoms with E-state index in [0.717, 1.165) is 28.2 Å². The van der Waals surface area contributed by atoms with Crippen molar-refractivity contribution >= 4 is 33.6 Å². The van der Waals surface area contributed by atoms with E-state index in [1.54, 1.807) is 16.8 Å². The van der Waals surface area contributed by atoms with Crippen LogP contribution in [0.1, 0.15) is 32.8 Å². The summed E-state index contributed by atoms with van der Waals surface area (Å²) in [5.74, 6) is -0.146. The minimum absolute atomic E-state index is 0.146. The Kier molecular flexibility index (Phi) is 6.73. The molecule has 0 bridgehead atoms. The van der Waals surface area contributed by atoms with Crippen LogP contribution in [0.25, 0.3) is 27.5 Å². The standard InChI is InChI=1S/C25H27N9O2S/c1-14(2)29-20-9-21(22-5-4-17-8-16(10-26)11-28-34(17)22)27-12-18(20)24-31-32-25(37-24)33-7-6-19(23(36)13-33)30-15(3)35/h4-5,8-9,11-12,14,19,23,36H,6-7,13H2,1-3H3,(H,27,29)(H,30,35)/t19-,23+/m1/s1. The van der Waals surface area contributed by atoms with Gasteiger partial charge in [0, 0.05) is 37.9 Å². The van der Waals surface area contributed by atoms with Crippen molar-refractivity contribution in [3.63, 3.8) is 0 Å². The first-order valence-corrected chi connectivity index (χ1v) is 12.8. The monoisotopic (exact) mass is 517 g/mol. The Morgan fingerprint density at radius 2 is 2.11 bits per heavy atom. The highest BCUT2D eigenvalue weighted by atomic mass is 32.1. The molecule has 2 atom stereocenters. The molecule has 1 aliphatic heterocycles. The molecule has 37 heavy (non-hydrogen) atoms. The summed E-state index contributed by atoms with van der Waals surface area (Å²) in [5.41, 5.74) is 4.56. The molecule has 5 heterocycles. The highest BCUT2D eigenvalue weighted by Crippen LogP contribution is 2.36. The van der Waals surface area contributed by atoms with E-state index in [9.17, 15) is 9.90 Å². The van der Waals surface area contributed by atoms with Gasteiger partial charge in [0.05, 0.1) is 46.4 Å². The van der Waals surface area contributed by atoms with Crippen LogP contribution in [0.3, 0.4) is 0 Å². The number of aliphatic hydroxyl groups is 1. The number of β-amino-alcohol motifs (C(OH)–C–C–N with tert-alkyl or cyclic N) is 1. The average molecular weight is 518 g/mol. The van der Waals surface area contributed by atoms with Gasteiger partial charge in [-0.2, -0.15) is 10.4 Å². The third-order valence-electron chi connectivity index (χ3n) is 6.13. The van der Waals surface area contributed by atoms with Crippen molar-refractivity contribution in [2.45, 2.75) is 45.4 Å². The molecule has 0 spiro atoms. The molecule has 4 aromatic heterocycles. The van der Waals surface area contributed by atoms with E-state index in [1.807, 2.05) is 23.1 Å². The first kappa shape index (κ1) is 24.6. The predicted octanol–water partition coefficient (Wildman–Crippen LogP) is 2.68. The highest BCUT2D eigenvalue weighted by molar-refractivity contribution is 7.18. The number of carbonyl (C=O) groups excluding carboxylic acids is 1. The maximum absolute atomic E-state index is 11.4. The first-order valence-electron chi connectivity index (χ1n) is 12.0. The molecule has 12 heteroatoms. The van der Waals surface area contributed by atoms with Gasteiger partial charge < -0.3 is 20.6 Å². The molecule has 1 saturated heterocycles. The van der Waals surface area contributed by atoms with Gasteiger partial charge in [-0.15, -0.1) is 10.2 Å². The molecule has 11 nitrogen and oxygen atoms in total. The number of fused-ring (bicyclic) bond motifs is 1. The van der Waals surface area contributed by atoms with Crippen LogP contribution in [-0.2, 0) is 4.79 Å². The lowest BCUT2D eigenvalue weighted by Gasteiger charge is -2.35. The Balaban J connectivity index is 1.43. The summed E-state index contributed by atoms with van der Waals surface area (Å²) in [6.45, 7) is 6.61. The van der Waals surface area contributed by atoms with Crippen LogP contribution >= 0.6 is 11.3 Å². The van der Waals surface area contributed by atoms with Gasteiger partial charge in [0.2, 0.25) is 11.0 Å². The normalized spacial score (nSPS) is 17.7. The fraction of sp³-hybridized carbons (Fsp3) is 0.360. The molecule has 1 fully saturated rings. The number of carbonyl (C=O) groups is 1. The van der Waals surface area contributed by atoms with E-state index in [1.165, 1.54) is 24.5 Å². The van der Waals surface area contributed by atoms with Crippen molar-refractivity contribution in [1.82, 2.24) is 30.1 Å². The zero-order valence-corrected chi connectivity index (χ0v) is 21.5. The predicted molar refractivity (Wildman–Crippen MR) is 141 cm³/mol. The molecule has 1 amide bonds. The SMILES string of the molecule is CC(=O)N[C@@H]1CCN(c2nnc(-c3cnc(-c4ccc5cc(C#N)cnn45)cc3NC(C)C)s2)C[C@@H]1O. The Bertz CT molecular complexity index is 1490. The Labute approximate surface area is 217 Å². The van der Waals surface area contributed by atoms with Crippen molar-refractivity contribution in [3.8, 4) is 28.0 Å². The van der Waals surface area contributed by atoms with Crippen LogP contribution in [0, 0.1) is 11.3 Å². The number of anilines is 2. The first-order chi connectivity index (χ1) is 17.8. The van der Waals surface area contributed by atoms with Crippen LogP contribution in [0.2, 0.25) is 0 Å². The van der Waals surface area contributed by atoms with Crippen LogP contribution in [-0.4, -0.2) is 67.1 Å². The van der Waals surface area contributed by atoms with Crippen molar-refractivity contribution in [2.24, 2.45) is 0 Å². The summed E-state index contributed by atoms with van der Waals surface area (Å²) in [5, 5.41) is 40.6. The van der Waals surface area contributed by atoms with Gasteiger partial charge in [0.1, 0.15) is 6.07 Å². The summed E-state index contributed by atoms with van der Waals surface area (Å²) in [4.78, 5) is 18.1. The fourth-order valence-corrected chi connectivity index (χ4v) is 5.34. The quantitative estimate of drug-likeness (QED) is 0.351. The van der Waals surface area contributed by atoms with E-state index in [4.69, 9.17) is 10.2 Å². The number of aromatic nitrogens is 5. The zero-order valence-electron chi connectivity index (χ0n) is 20.7. The van der Waals surface area contributed by atoms with Crippen molar-refractivity contribution < 1.29 is 9.90 Å². The molecule has 3 N–H and O–H groups in total. The van der Waals surface area contributed by atoms with Crippen molar-refractivity contribution in [3.05, 3.63) is 42.2 Å². The number of piperidine rings is 1. The molecule has 0 unspecified atom stereocenters. The van der Waals surface area contributed by atoms with Gasteiger partial charge in [-0.05, 0) is 44.5 Å². The van der Waals surface area contributed by atoms with Crippen LogP contribution < -0.4 is 15.5 Å². The van der Waals surface area contributed by atoms with E-state index in [0.29, 0.717) is 35.2 Å². The van der Waals surface area contributed by atoms with Crippen molar-refractivity contribution in [2.75, 3.05) is 23.3 Å². The molecule has 5 rings (SSSR count). The maximum atomic E-state index is 11.4. The Morgan fingerprint density at radius 3 is 2.84 bits per heavy atom. The summed E-state index contributed by atoms with van der Waals surface area (Å²) < 4.78 is 1.76. The number of hydrogen-bond donors (Lipinski definition) is 3. The molecule has 190 valence electrons. The molecular weight excluding hydrogens is 490 g/mol. The van der Waals surface area contributed by atoms with E-state index in [-0.39, 0.29) is 18.0 Å². The van der Waals surface area contributed by atoms with Crippen molar-refractivity contribution in [1.29, 1.82) is 5.26 Å². The number of aliphatic hydroxyl groups excluding tert-OH is 1. The summed E-state index contributed by atoms with van der Waals surface area (Å²) in [6, 6.07) is 9.63. The average Bonchev–Trinajstić information content (AvgIpc) is 3.52. The Morgan fingerprint density at radius 1 is 1.27 bits per heavy atom. The highest BCUT2D eigenvalue weighted by Gasteiger charge is 2.30. The van der Waals surface area contributed by atoms with Gasteiger partial charge in [0.25, 0.3) is 0 Å². The second-order valence-corrected chi connectivity index (χ2v) is 10.3. The molecule has 1 aliphatic rings. The van der Waals surface area contributed by atoms with Gasteiger partial charge in [-0.25, -0.2) is 4.52 Å². The van der Waals surface area contributed by atoms with Gasteiger partial charge in [-0.1, -0.05) is 11.3 Å². The van der Waals surface area contributed by atoms with Gasteiger partial charge >= 0.3 is 0 Å². The molecule has 0 radical (unpaired) electrons. The maximum Gasteiger partial charge on any atom is 0.217 e. The topological polar surface area (TPSA) is 144 Å². The third kappa shape index (κ3) is 5.09. The Hall–Kier alpha value is -4.08. The number of nitriles is 1. The lowest BCUT2D eigenvalue weighted by molar-refractivity contribution is -0.120. The second kappa shape index (κ2) is 10.1. The summed E-state index contributed by atoms with van der Waals surface area (Å²) >= 11 is 1.44. The minimum Gasteiger partial charge on any atom is -0.389 e. The van der Waals surface area contributed by atoms with Crippen LogP contribution in [0.15, 0.2) is 36.7 Å². The molecular formula is C25H27N9O2S. The smallest absolute Gasteiger partial charge is 0.217 e. The number of amides is 1. The number of pyridine rings is 1. The number of rotatable bonds is 6. The third-order valence-corrected chi connectivity index (χ3v) is 7.14. The van der Waals surface area contributed by atoms with Crippen LogP contribution in [0.5, 0.6) is 0 Å². The molecule has 4 aromatic rings. The second-order valence-electron chi connectivity index (χ2n) is 9.32. The lowest BCUT2D eigenvalue weighted by Crippen LogP contribution is -2.53. The number of hydrogen-bond acceptors (Lipinski definition) is 10. The van der Waals surface area contributed by atoms with Gasteiger partial charge in [-0.3, -0.25) is 9.78 Å². The fourth-order valence-electron chi connectivity index (χ4n) is 4.44. The lowest BCUT2D eigenvalue weighted by atomic mass is 10.0. The molecule has 0 aromatic carbocycles. The molecule has 0 aliphatic carbocycles.